The Morgan fingerprint density at radius 2 is 1.95 bits per heavy atom. The summed E-state index contributed by atoms with van der Waals surface area (Å²) in [7, 11) is 0. The van der Waals surface area contributed by atoms with Gasteiger partial charge in [-0.05, 0) is 30.7 Å². The van der Waals surface area contributed by atoms with E-state index in [9.17, 15) is 14.4 Å². The predicted molar refractivity (Wildman–Crippen MR) is 68.0 cm³/mol. The number of hydrogen-bond donors (Lipinski definition) is 0. The molecule has 0 spiro atoms. The Kier molecular flexibility index (Phi) is 3.94. The highest BCUT2D eigenvalue weighted by atomic mass is 16.5. The summed E-state index contributed by atoms with van der Waals surface area (Å²) in [5.74, 6) is 0.382. The summed E-state index contributed by atoms with van der Waals surface area (Å²) in [5.41, 5.74) is 1.44. The van der Waals surface area contributed by atoms with Crippen molar-refractivity contribution in [3.8, 4) is 5.75 Å². The first-order valence-electron chi connectivity index (χ1n) is 6.13. The van der Waals surface area contributed by atoms with Crippen molar-refractivity contribution in [3.05, 3.63) is 29.3 Å². The standard InChI is InChI=1S/C14H15NO4/c1-10-8-11(9-16)2-3-12(10)19-7-6-15-13(17)4-5-14(15)18/h2-3,8-9H,4-7H2,1H3. The SMILES string of the molecule is Cc1cc(C=O)ccc1OCCN1C(=O)CCC1=O. The van der Waals surface area contributed by atoms with Gasteiger partial charge in [-0.15, -0.1) is 0 Å². The van der Waals surface area contributed by atoms with Crippen LogP contribution in [0.2, 0.25) is 0 Å². The van der Waals surface area contributed by atoms with Crippen molar-refractivity contribution >= 4 is 18.1 Å². The molecule has 19 heavy (non-hydrogen) atoms. The second-order valence-corrected chi connectivity index (χ2v) is 4.43. The lowest BCUT2D eigenvalue weighted by atomic mass is 10.1. The van der Waals surface area contributed by atoms with Gasteiger partial charge < -0.3 is 4.74 Å². The van der Waals surface area contributed by atoms with Crippen LogP contribution in [0, 0.1) is 6.92 Å². The zero-order valence-corrected chi connectivity index (χ0v) is 10.7. The van der Waals surface area contributed by atoms with E-state index >= 15 is 0 Å². The minimum atomic E-state index is -0.137. The maximum absolute atomic E-state index is 11.4. The van der Waals surface area contributed by atoms with Crippen molar-refractivity contribution in [2.24, 2.45) is 0 Å². The number of carbonyl (C=O) groups is 3. The maximum atomic E-state index is 11.4. The molecule has 0 saturated carbocycles. The normalized spacial score (nSPS) is 14.9. The Labute approximate surface area is 111 Å². The van der Waals surface area contributed by atoms with Crippen LogP contribution in [0.15, 0.2) is 18.2 Å². The zero-order valence-electron chi connectivity index (χ0n) is 10.7. The molecule has 0 radical (unpaired) electrons. The lowest BCUT2D eigenvalue weighted by molar-refractivity contribution is -0.138. The van der Waals surface area contributed by atoms with E-state index in [4.69, 9.17) is 4.74 Å². The number of aryl methyl sites for hydroxylation is 1. The molecule has 100 valence electrons. The van der Waals surface area contributed by atoms with Crippen molar-refractivity contribution in [1.29, 1.82) is 0 Å². The minimum Gasteiger partial charge on any atom is -0.491 e. The molecule has 0 aromatic heterocycles. The van der Waals surface area contributed by atoms with E-state index < -0.39 is 0 Å². The predicted octanol–water partition coefficient (Wildman–Crippen LogP) is 1.34. The molecule has 5 heteroatoms. The van der Waals surface area contributed by atoms with E-state index in [0.717, 1.165) is 11.8 Å². The van der Waals surface area contributed by atoms with Crippen molar-refractivity contribution < 1.29 is 19.1 Å². The summed E-state index contributed by atoms with van der Waals surface area (Å²) in [6.45, 7) is 2.37. The number of nitrogens with zero attached hydrogens (tertiary/aromatic N) is 1. The van der Waals surface area contributed by atoms with Gasteiger partial charge in [-0.3, -0.25) is 19.3 Å². The van der Waals surface area contributed by atoms with Crippen LogP contribution in [0.3, 0.4) is 0 Å². The van der Waals surface area contributed by atoms with Crippen LogP contribution >= 0.6 is 0 Å². The van der Waals surface area contributed by atoms with E-state index in [1.54, 1.807) is 18.2 Å². The molecular formula is C14H15NO4. The quantitative estimate of drug-likeness (QED) is 0.592. The highest BCUT2D eigenvalue weighted by Gasteiger charge is 2.28. The molecule has 1 aliphatic rings. The molecule has 2 amide bonds. The summed E-state index contributed by atoms with van der Waals surface area (Å²) >= 11 is 0. The molecule has 1 saturated heterocycles. The highest BCUT2D eigenvalue weighted by molar-refractivity contribution is 6.01. The summed E-state index contributed by atoms with van der Waals surface area (Å²) in [6.07, 6.45) is 1.37. The summed E-state index contributed by atoms with van der Waals surface area (Å²) in [4.78, 5) is 34.6. The second-order valence-electron chi connectivity index (χ2n) is 4.43. The average molecular weight is 261 g/mol. The molecule has 1 aliphatic heterocycles. The lowest BCUT2D eigenvalue weighted by Gasteiger charge is -2.15. The first-order valence-corrected chi connectivity index (χ1v) is 6.13. The molecule has 0 N–H and O–H groups in total. The van der Waals surface area contributed by atoms with Crippen LogP contribution in [0.25, 0.3) is 0 Å². The summed E-state index contributed by atoms with van der Waals surface area (Å²) < 4.78 is 5.53. The molecule has 0 aliphatic carbocycles. The number of benzene rings is 1. The van der Waals surface area contributed by atoms with E-state index in [2.05, 4.69) is 0 Å². The highest BCUT2D eigenvalue weighted by Crippen LogP contribution is 2.19. The largest absolute Gasteiger partial charge is 0.491 e. The van der Waals surface area contributed by atoms with Gasteiger partial charge in [0.25, 0.3) is 0 Å². The van der Waals surface area contributed by atoms with Crippen LogP contribution in [0.5, 0.6) is 5.75 Å². The molecule has 2 rings (SSSR count). The molecule has 1 aromatic carbocycles. The third-order valence-electron chi connectivity index (χ3n) is 3.06. The Balaban J connectivity index is 1.91. The summed E-state index contributed by atoms with van der Waals surface area (Å²) in [6, 6.07) is 5.11. The van der Waals surface area contributed by atoms with Crippen molar-refractivity contribution in [3.63, 3.8) is 0 Å². The van der Waals surface area contributed by atoms with Gasteiger partial charge in [-0.1, -0.05) is 0 Å². The van der Waals surface area contributed by atoms with Gasteiger partial charge in [0.1, 0.15) is 18.6 Å². The third-order valence-corrected chi connectivity index (χ3v) is 3.06. The van der Waals surface area contributed by atoms with Crippen molar-refractivity contribution in [2.45, 2.75) is 19.8 Å². The van der Waals surface area contributed by atoms with E-state index in [1.165, 1.54) is 4.90 Å². The molecule has 1 fully saturated rings. The van der Waals surface area contributed by atoms with Gasteiger partial charge in [-0.2, -0.15) is 0 Å². The number of imide groups is 1. The number of amides is 2. The topological polar surface area (TPSA) is 63.7 Å². The number of hydrogen-bond acceptors (Lipinski definition) is 4. The Morgan fingerprint density at radius 1 is 1.26 bits per heavy atom. The van der Waals surface area contributed by atoms with Crippen LogP contribution in [-0.2, 0) is 9.59 Å². The molecular weight excluding hydrogens is 246 g/mol. The average Bonchev–Trinajstić information content (AvgIpc) is 2.72. The molecule has 0 unspecified atom stereocenters. The Bertz CT molecular complexity index is 508. The number of aldehydes is 1. The van der Waals surface area contributed by atoms with E-state index in [1.807, 2.05) is 6.92 Å². The number of ether oxygens (including phenoxy) is 1. The third kappa shape index (κ3) is 2.99. The second kappa shape index (κ2) is 5.65. The summed E-state index contributed by atoms with van der Waals surface area (Å²) in [5, 5.41) is 0. The van der Waals surface area contributed by atoms with Crippen molar-refractivity contribution in [2.75, 3.05) is 13.2 Å². The zero-order chi connectivity index (χ0) is 13.8. The van der Waals surface area contributed by atoms with Gasteiger partial charge in [0.05, 0.1) is 6.54 Å². The minimum absolute atomic E-state index is 0.137. The Morgan fingerprint density at radius 3 is 2.53 bits per heavy atom. The Hall–Kier alpha value is -2.17. The number of rotatable bonds is 5. The molecule has 1 heterocycles. The van der Waals surface area contributed by atoms with Gasteiger partial charge in [0.15, 0.2) is 0 Å². The monoisotopic (exact) mass is 261 g/mol. The van der Waals surface area contributed by atoms with Crippen LogP contribution in [0.4, 0.5) is 0 Å². The van der Waals surface area contributed by atoms with Crippen LogP contribution in [-0.4, -0.2) is 36.2 Å². The smallest absolute Gasteiger partial charge is 0.229 e. The van der Waals surface area contributed by atoms with Crippen LogP contribution in [0.1, 0.15) is 28.8 Å². The number of carbonyl (C=O) groups excluding carboxylic acids is 3. The first-order chi connectivity index (χ1) is 9.11. The van der Waals surface area contributed by atoms with E-state index in [0.29, 0.717) is 24.2 Å². The van der Waals surface area contributed by atoms with Gasteiger partial charge in [-0.25, -0.2) is 0 Å². The van der Waals surface area contributed by atoms with Gasteiger partial charge in [0.2, 0.25) is 11.8 Å². The van der Waals surface area contributed by atoms with Crippen LogP contribution < -0.4 is 4.74 Å². The van der Waals surface area contributed by atoms with E-state index in [-0.39, 0.29) is 25.0 Å². The molecule has 1 aromatic rings. The fourth-order valence-corrected chi connectivity index (χ4v) is 2.03. The lowest BCUT2D eigenvalue weighted by Crippen LogP contribution is -2.33. The number of likely N-dealkylation sites (tertiary alicyclic amines) is 1. The molecule has 0 atom stereocenters. The van der Waals surface area contributed by atoms with Gasteiger partial charge in [0, 0.05) is 18.4 Å². The molecule has 0 bridgehead atoms. The fraction of sp³-hybridized carbons (Fsp3) is 0.357. The maximum Gasteiger partial charge on any atom is 0.229 e. The fourth-order valence-electron chi connectivity index (χ4n) is 2.03. The molecule has 5 nitrogen and oxygen atoms in total. The first kappa shape index (κ1) is 13.3. The van der Waals surface area contributed by atoms with Gasteiger partial charge >= 0.3 is 0 Å². The van der Waals surface area contributed by atoms with Crippen molar-refractivity contribution in [1.82, 2.24) is 4.90 Å².